The number of hydrogen-bond donors (Lipinski definition) is 2. The van der Waals surface area contributed by atoms with Gasteiger partial charge < -0.3 is 14.6 Å². The molecule has 3 rings (SSSR count). The summed E-state index contributed by atoms with van der Waals surface area (Å²) in [5, 5.41) is 11.5. The predicted octanol–water partition coefficient (Wildman–Crippen LogP) is 2.62. The molecule has 1 unspecified atom stereocenters. The van der Waals surface area contributed by atoms with Gasteiger partial charge in [-0.3, -0.25) is 4.98 Å². The molecule has 9 nitrogen and oxygen atoms in total. The third-order valence-corrected chi connectivity index (χ3v) is 8.73. The molecule has 1 heterocycles. The molecule has 2 aromatic carbocycles. The van der Waals surface area contributed by atoms with E-state index in [0.29, 0.717) is 17.1 Å². The number of sulfonamides is 1. The molecule has 11 heteroatoms. The van der Waals surface area contributed by atoms with Gasteiger partial charge >= 0.3 is 6.09 Å². The second-order valence-electron chi connectivity index (χ2n) is 9.48. The van der Waals surface area contributed by atoms with Crippen molar-refractivity contribution in [2.24, 2.45) is 5.92 Å². The predicted molar refractivity (Wildman–Crippen MR) is 146 cm³/mol. The van der Waals surface area contributed by atoms with Crippen LogP contribution in [0.2, 0.25) is 0 Å². The van der Waals surface area contributed by atoms with Crippen LogP contribution in [0.1, 0.15) is 24.3 Å². The first-order valence-corrected chi connectivity index (χ1v) is 14.7. The molecule has 206 valence electrons. The second kappa shape index (κ2) is 13.8. The number of amides is 1. The van der Waals surface area contributed by atoms with E-state index in [0.717, 1.165) is 10.4 Å². The zero-order valence-electron chi connectivity index (χ0n) is 22.1. The summed E-state index contributed by atoms with van der Waals surface area (Å²) < 4.78 is 39.1. The van der Waals surface area contributed by atoms with Gasteiger partial charge in [0.15, 0.2) is 0 Å². The minimum absolute atomic E-state index is 0.0113. The molecule has 1 aromatic heterocycles. The van der Waals surface area contributed by atoms with Gasteiger partial charge in [0, 0.05) is 25.7 Å². The summed E-state index contributed by atoms with van der Waals surface area (Å²) in [6.45, 7) is 3.94. The average molecular weight is 563 g/mol. The van der Waals surface area contributed by atoms with Crippen LogP contribution in [-0.2, 0) is 27.8 Å². The van der Waals surface area contributed by atoms with E-state index in [4.69, 9.17) is 9.47 Å². The SMILES string of the molecule is COc1ccc(S(=O)(=O)N(CC(C)C)C[C@@H](O)[C@H](Cc2ccccc2)[NH+](C)C(=O)OCc2cncs2)cc1. The number of aliphatic hydroxyl groups excluding tert-OH is 1. The topological polar surface area (TPSA) is 110 Å². The maximum atomic E-state index is 13.6. The second-order valence-corrected chi connectivity index (χ2v) is 12.4. The Kier molecular flexibility index (Phi) is 10.8. The highest BCUT2D eigenvalue weighted by Gasteiger charge is 2.37. The number of carbonyl (C=O) groups excluding carboxylic acids is 1. The Morgan fingerprint density at radius 2 is 1.79 bits per heavy atom. The van der Waals surface area contributed by atoms with E-state index < -0.39 is 28.3 Å². The van der Waals surface area contributed by atoms with E-state index in [-0.39, 0.29) is 30.5 Å². The molecule has 0 spiro atoms. The summed E-state index contributed by atoms with van der Waals surface area (Å²) in [5.41, 5.74) is 2.58. The van der Waals surface area contributed by atoms with Gasteiger partial charge in [0.05, 0.1) is 29.4 Å². The van der Waals surface area contributed by atoms with Crippen LogP contribution in [0.5, 0.6) is 5.75 Å². The number of thiazole rings is 1. The zero-order valence-corrected chi connectivity index (χ0v) is 23.7. The van der Waals surface area contributed by atoms with Crippen molar-refractivity contribution in [2.75, 3.05) is 27.2 Å². The Hall–Kier alpha value is -2.83. The Balaban J connectivity index is 1.85. The van der Waals surface area contributed by atoms with Crippen molar-refractivity contribution in [1.82, 2.24) is 9.29 Å². The van der Waals surface area contributed by atoms with Crippen LogP contribution in [0, 0.1) is 5.92 Å². The lowest BCUT2D eigenvalue weighted by Crippen LogP contribution is -3.17. The molecule has 3 aromatic rings. The summed E-state index contributed by atoms with van der Waals surface area (Å²) in [6.07, 6.45) is 0.295. The molecule has 1 amide bonds. The maximum absolute atomic E-state index is 13.6. The smallest absolute Gasteiger partial charge is 0.497 e. The lowest BCUT2D eigenvalue weighted by Gasteiger charge is -2.31. The van der Waals surface area contributed by atoms with Crippen LogP contribution >= 0.6 is 11.3 Å². The molecule has 2 N–H and O–H groups in total. The molecular weight excluding hydrogens is 526 g/mol. The van der Waals surface area contributed by atoms with E-state index in [2.05, 4.69) is 4.98 Å². The highest BCUT2D eigenvalue weighted by Crippen LogP contribution is 2.21. The van der Waals surface area contributed by atoms with Gasteiger partial charge in [0.2, 0.25) is 10.0 Å². The molecule has 0 aliphatic heterocycles. The van der Waals surface area contributed by atoms with Gasteiger partial charge in [-0.2, -0.15) is 9.10 Å². The van der Waals surface area contributed by atoms with Gasteiger partial charge in [-0.25, -0.2) is 13.3 Å². The monoisotopic (exact) mass is 562 g/mol. The lowest BCUT2D eigenvalue weighted by atomic mass is 10.00. The van der Waals surface area contributed by atoms with Crippen molar-refractivity contribution in [2.45, 2.75) is 43.9 Å². The highest BCUT2D eigenvalue weighted by molar-refractivity contribution is 7.89. The van der Waals surface area contributed by atoms with E-state index in [1.54, 1.807) is 30.9 Å². The molecule has 0 aliphatic carbocycles. The number of ether oxygens (including phenoxy) is 2. The fourth-order valence-corrected chi connectivity index (χ4v) is 6.20. The lowest BCUT2D eigenvalue weighted by molar-refractivity contribution is -0.835. The fraction of sp³-hybridized carbons (Fsp3) is 0.407. The van der Waals surface area contributed by atoms with Gasteiger partial charge in [-0.15, -0.1) is 11.3 Å². The first kappa shape index (κ1) is 29.7. The zero-order chi connectivity index (χ0) is 27.7. The Bertz CT molecular complexity index is 1240. The summed E-state index contributed by atoms with van der Waals surface area (Å²) in [7, 11) is -0.773. The van der Waals surface area contributed by atoms with E-state index >= 15 is 0 Å². The first-order chi connectivity index (χ1) is 18.1. The summed E-state index contributed by atoms with van der Waals surface area (Å²) in [4.78, 5) is 18.2. The molecule has 0 fully saturated rings. The van der Waals surface area contributed by atoms with Crippen LogP contribution in [-0.4, -0.2) is 68.3 Å². The number of benzene rings is 2. The van der Waals surface area contributed by atoms with Crippen LogP contribution in [0.25, 0.3) is 0 Å². The quantitative estimate of drug-likeness (QED) is 0.330. The molecule has 0 saturated carbocycles. The Morgan fingerprint density at radius 3 is 2.37 bits per heavy atom. The normalized spacial score (nSPS) is 14.3. The summed E-state index contributed by atoms with van der Waals surface area (Å²) >= 11 is 1.38. The molecule has 3 atom stereocenters. The number of aliphatic hydroxyl groups is 1. The third kappa shape index (κ3) is 8.08. The van der Waals surface area contributed by atoms with E-state index in [9.17, 15) is 18.3 Å². The van der Waals surface area contributed by atoms with Crippen molar-refractivity contribution < 1.29 is 32.7 Å². The molecule has 0 saturated heterocycles. The van der Waals surface area contributed by atoms with Crippen molar-refractivity contribution in [3.8, 4) is 5.75 Å². The van der Waals surface area contributed by atoms with E-state index in [1.165, 1.54) is 34.9 Å². The number of nitrogens with zero attached hydrogens (tertiary/aromatic N) is 2. The van der Waals surface area contributed by atoms with Crippen LogP contribution in [0.15, 0.2) is 71.2 Å². The Labute approximate surface area is 228 Å². The van der Waals surface area contributed by atoms with Crippen LogP contribution in [0.3, 0.4) is 0 Å². The van der Waals surface area contributed by atoms with Gasteiger partial charge in [-0.05, 0) is 35.7 Å². The summed E-state index contributed by atoms with van der Waals surface area (Å²) in [6, 6.07) is 15.0. The molecule has 0 aliphatic rings. The van der Waals surface area contributed by atoms with Crippen LogP contribution < -0.4 is 9.64 Å². The number of carbonyl (C=O) groups is 1. The standard InChI is InChI=1S/C27H35N3O6S2/c1-20(2)16-30(38(33,34)24-12-10-22(35-4)11-13-24)17-26(31)25(14-21-8-6-5-7-9-21)29(3)27(32)36-18-23-15-28-19-37-23/h5-13,15,19-20,25-26,31H,14,16-18H2,1-4H3/p+1/t25-,26+/m0/s1. The third-order valence-electron chi connectivity index (χ3n) is 6.13. The highest BCUT2D eigenvalue weighted by atomic mass is 32.2. The number of likely N-dealkylation sites (N-methyl/N-ethyl adjacent to an activating group) is 1. The first-order valence-electron chi connectivity index (χ1n) is 12.4. The number of methoxy groups -OCH3 is 1. The van der Waals surface area contributed by atoms with Crippen molar-refractivity contribution in [3.63, 3.8) is 0 Å². The molecule has 0 radical (unpaired) electrons. The van der Waals surface area contributed by atoms with Crippen molar-refractivity contribution in [3.05, 3.63) is 76.7 Å². The average Bonchev–Trinajstić information content (AvgIpc) is 3.43. The maximum Gasteiger partial charge on any atom is 0.514 e. The van der Waals surface area contributed by atoms with Gasteiger partial charge in [-0.1, -0.05) is 44.2 Å². The molecule has 0 bridgehead atoms. The number of aromatic nitrogens is 1. The largest absolute Gasteiger partial charge is 0.514 e. The van der Waals surface area contributed by atoms with E-state index in [1.807, 2.05) is 44.2 Å². The number of alkyl carbamates (subject to hydrolysis) is 2. The number of nitrogens with one attached hydrogen (secondary N) is 1. The number of quaternary nitrogens is 1. The van der Waals surface area contributed by atoms with Crippen molar-refractivity contribution in [1.29, 1.82) is 0 Å². The molecular formula is C27H36N3O6S2+. The van der Waals surface area contributed by atoms with Gasteiger partial charge in [0.1, 0.15) is 24.5 Å². The van der Waals surface area contributed by atoms with Crippen LogP contribution in [0.4, 0.5) is 4.79 Å². The van der Waals surface area contributed by atoms with Crippen molar-refractivity contribution >= 4 is 27.5 Å². The Morgan fingerprint density at radius 1 is 1.11 bits per heavy atom. The number of rotatable bonds is 13. The minimum atomic E-state index is -3.92. The number of hydrogen-bond acceptors (Lipinski definition) is 8. The fourth-order valence-electron chi connectivity index (χ4n) is 4.07. The van der Waals surface area contributed by atoms with Gasteiger partial charge in [0.25, 0.3) is 0 Å². The minimum Gasteiger partial charge on any atom is -0.497 e. The molecule has 38 heavy (non-hydrogen) atoms. The summed E-state index contributed by atoms with van der Waals surface area (Å²) in [5.74, 6) is 0.557.